The lowest BCUT2D eigenvalue weighted by Gasteiger charge is -1.69. The quantitative estimate of drug-likeness (QED) is 0.151. The first-order chi connectivity index (χ1) is 4.56. The predicted molar refractivity (Wildman–Crippen MR) is 67.5 cm³/mol. The van der Waals surface area contributed by atoms with Crippen molar-refractivity contribution < 1.29 is 46.6 Å². The van der Waals surface area contributed by atoms with Crippen LogP contribution < -0.4 is 36.1 Å². The van der Waals surface area contributed by atoms with Crippen LogP contribution in [0.1, 0.15) is 0 Å². The number of rotatable bonds is 0. The maximum absolute atomic E-state index is 8.58. The molecule has 0 radical (unpaired) electrons. The molecule has 16 heteroatoms. The number of hydrogen-bond donors (Lipinski definition) is 9. The van der Waals surface area contributed by atoms with Gasteiger partial charge in [-0.3, -0.25) is 9.59 Å². The van der Waals surface area contributed by atoms with E-state index in [0.29, 0.717) is 0 Å². The third kappa shape index (κ3) is 1300. The summed E-state index contributed by atoms with van der Waals surface area (Å²) in [4.78, 5) is 17.2. The van der Waals surface area contributed by atoms with Crippen LogP contribution in [0.15, 0.2) is 0 Å². The van der Waals surface area contributed by atoms with E-state index in [9.17, 15) is 0 Å². The van der Waals surface area contributed by atoms with Crippen LogP contribution in [0.2, 0.25) is 0 Å². The molecule has 18 heavy (non-hydrogen) atoms. The van der Waals surface area contributed by atoms with Gasteiger partial charge in [-0.05, 0) is 0 Å². The van der Waals surface area contributed by atoms with Crippen molar-refractivity contribution in [1.29, 1.82) is 0 Å². The number of primary amides is 2. The average molecular weight is 292 g/mol. The molecule has 0 aromatic heterocycles. The Bertz CT molecular complexity index is 71.3. The molecule has 0 saturated carbocycles. The van der Waals surface area contributed by atoms with Gasteiger partial charge >= 0.3 is 7.32 Å². The third-order valence-electron chi connectivity index (χ3n) is 0. The van der Waals surface area contributed by atoms with Gasteiger partial charge in [0.1, 0.15) is 0 Å². The number of carbonyl (C=O) groups excluding carboxylic acids is 2. The number of carbonyl (C=O) groups is 2. The molecule has 0 aromatic carbocycles. The summed E-state index contributed by atoms with van der Waals surface area (Å²) in [5.74, 6) is 0. The molecule has 0 aliphatic rings. The maximum Gasteiger partial charge on any atom is 0.631 e. The molecule has 0 saturated heterocycles. The zero-order valence-electron chi connectivity index (χ0n) is 9.87. The zero-order valence-corrected chi connectivity index (χ0v) is 9.87. The summed E-state index contributed by atoms with van der Waals surface area (Å²) in [6.07, 6.45) is 0.500. The molecular formula is C2H29BN6O9. The molecule has 15 nitrogen and oxygen atoms in total. The van der Waals surface area contributed by atoms with Crippen LogP contribution in [0.25, 0.3) is 0 Å². The normalized spacial score (nSPS) is 2.83. The lowest BCUT2D eigenvalue weighted by Crippen LogP contribution is -2.07. The largest absolute Gasteiger partial charge is 0.631 e. The molecule has 0 aliphatic heterocycles. The number of amides is 2. The van der Waals surface area contributed by atoms with Gasteiger partial charge in [0, 0.05) is 0 Å². The van der Waals surface area contributed by atoms with Gasteiger partial charge in [0.2, 0.25) is 12.8 Å². The molecule has 0 fully saturated rings. The minimum atomic E-state index is -2.17. The maximum atomic E-state index is 8.58. The van der Waals surface area contributed by atoms with Gasteiger partial charge in [-0.1, -0.05) is 0 Å². The first-order valence-electron chi connectivity index (χ1n) is 1.91. The fourth-order valence-corrected chi connectivity index (χ4v) is 0. The molecule has 2 amide bonds. The van der Waals surface area contributed by atoms with Crippen molar-refractivity contribution in [3.8, 4) is 0 Å². The van der Waals surface area contributed by atoms with E-state index in [2.05, 4.69) is 11.5 Å². The monoisotopic (exact) mass is 292 g/mol. The van der Waals surface area contributed by atoms with Crippen molar-refractivity contribution in [2.45, 2.75) is 0 Å². The standard InChI is InChI=1S/2CH3NO.BH3O3.4H3N.4H2O/c2*2-1-3;2-1(3)4;;;;;;;;/h2*1H,(H2,2,3);2-4H;4*1H3;4*1H2. The second kappa shape index (κ2) is 260. The van der Waals surface area contributed by atoms with E-state index in [4.69, 9.17) is 24.7 Å². The molecule has 0 rings (SSSR count). The fraction of sp³-hybridized carbons (Fsp3) is 0. The van der Waals surface area contributed by atoms with E-state index < -0.39 is 7.32 Å². The Morgan fingerprint density at radius 3 is 0.667 bits per heavy atom. The van der Waals surface area contributed by atoms with Gasteiger partial charge < -0.3 is 73.0 Å². The summed E-state index contributed by atoms with van der Waals surface area (Å²) in [5.41, 5.74) is 8.33. The molecule has 0 unspecified atom stereocenters. The summed E-state index contributed by atoms with van der Waals surface area (Å²) in [6.45, 7) is 0. The summed E-state index contributed by atoms with van der Waals surface area (Å²) in [5, 5.41) is 21.5. The van der Waals surface area contributed by atoms with Crippen LogP contribution in [0.5, 0.6) is 0 Å². The number of nitrogens with two attached hydrogens (primary N) is 2. The Morgan fingerprint density at radius 1 is 0.667 bits per heavy atom. The molecule has 124 valence electrons. The van der Waals surface area contributed by atoms with E-state index in [0.717, 1.165) is 0 Å². The van der Waals surface area contributed by atoms with Crippen molar-refractivity contribution in [2.24, 2.45) is 11.5 Å². The van der Waals surface area contributed by atoms with E-state index in [-0.39, 0.29) is 59.3 Å². The highest BCUT2D eigenvalue weighted by molar-refractivity contribution is 6.30. The van der Waals surface area contributed by atoms with Crippen LogP contribution in [-0.2, 0) is 9.59 Å². The topological polar surface area (TPSA) is 413 Å². The molecule has 0 heterocycles. The zero-order chi connectivity index (χ0) is 8.99. The SMILES string of the molecule is N.N.N.N.NC=O.NC=O.O.O.O.O.OB(O)O. The van der Waals surface area contributed by atoms with Crippen molar-refractivity contribution in [3.05, 3.63) is 0 Å². The second-order valence-electron chi connectivity index (χ2n) is 0.619. The molecule has 27 N–H and O–H groups in total. The molecule has 0 atom stereocenters. The smallest absolute Gasteiger partial charge is 0.412 e. The Hall–Kier alpha value is -1.44. The Balaban J connectivity index is -0.00000000374. The highest BCUT2D eigenvalue weighted by Gasteiger charge is 1.92. The van der Waals surface area contributed by atoms with Crippen LogP contribution in [0.4, 0.5) is 0 Å². The van der Waals surface area contributed by atoms with Gasteiger partial charge in [-0.15, -0.1) is 0 Å². The Kier molecular flexibility index (Phi) is 1870. The molecule has 0 spiro atoms. The lowest BCUT2D eigenvalue weighted by atomic mass is 10.3. The highest BCUT2D eigenvalue weighted by Crippen LogP contribution is 1.40. The lowest BCUT2D eigenvalue weighted by molar-refractivity contribution is -0.107. The van der Waals surface area contributed by atoms with Gasteiger partial charge in [-0.25, -0.2) is 0 Å². The van der Waals surface area contributed by atoms with Crippen LogP contribution in [0, 0.1) is 0 Å². The summed E-state index contributed by atoms with van der Waals surface area (Å²) in [6, 6.07) is 0. The molecule has 0 aliphatic carbocycles. The summed E-state index contributed by atoms with van der Waals surface area (Å²) >= 11 is 0. The van der Waals surface area contributed by atoms with E-state index in [1.165, 1.54) is 0 Å². The Labute approximate surface area is 104 Å². The van der Waals surface area contributed by atoms with E-state index in [1.807, 2.05) is 0 Å². The fourth-order valence-electron chi connectivity index (χ4n) is 0. The second-order valence-corrected chi connectivity index (χ2v) is 0.619. The van der Waals surface area contributed by atoms with Crippen molar-refractivity contribution in [3.63, 3.8) is 0 Å². The first-order valence-corrected chi connectivity index (χ1v) is 1.91. The predicted octanol–water partition coefficient (Wildman–Crippen LogP) is -6.50. The third-order valence-corrected chi connectivity index (χ3v) is 0. The van der Waals surface area contributed by atoms with Gasteiger partial charge in [0.05, 0.1) is 0 Å². The van der Waals surface area contributed by atoms with E-state index >= 15 is 0 Å². The summed E-state index contributed by atoms with van der Waals surface area (Å²) < 4.78 is 0. The van der Waals surface area contributed by atoms with E-state index in [1.54, 1.807) is 0 Å². The first kappa shape index (κ1) is 130. The highest BCUT2D eigenvalue weighted by atomic mass is 16.5. The van der Waals surface area contributed by atoms with Gasteiger partial charge in [0.25, 0.3) is 0 Å². The van der Waals surface area contributed by atoms with Crippen molar-refractivity contribution in [1.82, 2.24) is 24.6 Å². The minimum absolute atomic E-state index is 0. The average Bonchev–Trinajstić information content (AvgIpc) is 1.65. The van der Waals surface area contributed by atoms with Crippen molar-refractivity contribution in [2.75, 3.05) is 0 Å². The van der Waals surface area contributed by atoms with Crippen molar-refractivity contribution >= 4 is 20.1 Å². The van der Waals surface area contributed by atoms with Crippen LogP contribution in [-0.4, -0.2) is 57.1 Å². The Morgan fingerprint density at radius 2 is 0.667 bits per heavy atom. The summed E-state index contributed by atoms with van der Waals surface area (Å²) in [7, 11) is -2.17. The van der Waals surface area contributed by atoms with Crippen LogP contribution in [0.3, 0.4) is 0 Å². The minimum Gasteiger partial charge on any atom is -0.412 e. The molecular weight excluding hydrogens is 263 g/mol. The van der Waals surface area contributed by atoms with Gasteiger partial charge in [0.15, 0.2) is 0 Å². The number of hydrogen-bond acceptors (Lipinski definition) is 9. The molecule has 0 aromatic rings. The van der Waals surface area contributed by atoms with Crippen LogP contribution >= 0.6 is 0 Å². The molecule has 0 bridgehead atoms. The van der Waals surface area contributed by atoms with Gasteiger partial charge in [-0.2, -0.15) is 0 Å².